The lowest BCUT2D eigenvalue weighted by molar-refractivity contribution is 0.351. The summed E-state index contributed by atoms with van der Waals surface area (Å²) in [6.45, 7) is 2.06. The molecule has 3 heteroatoms. The molecule has 0 aromatic heterocycles. The Hall–Kier alpha value is -2.16. The lowest BCUT2D eigenvalue weighted by atomic mass is 9.65. The lowest BCUT2D eigenvalue weighted by Gasteiger charge is -2.39. The Kier molecular flexibility index (Phi) is 2.63. The molecule has 0 bridgehead atoms. The van der Waals surface area contributed by atoms with Crippen molar-refractivity contribution in [2.24, 2.45) is 0 Å². The van der Waals surface area contributed by atoms with Gasteiger partial charge in [0, 0.05) is 23.1 Å². The highest BCUT2D eigenvalue weighted by molar-refractivity contribution is 5.67. The molecule has 2 atom stereocenters. The first kappa shape index (κ1) is 11.9. The maximum atomic E-state index is 10.3. The smallest absolute Gasteiger partial charge is 0.164 e. The molecule has 0 saturated heterocycles. The van der Waals surface area contributed by atoms with E-state index in [0.717, 1.165) is 16.7 Å². The van der Waals surface area contributed by atoms with Gasteiger partial charge in [-0.05, 0) is 11.5 Å². The number of benzene rings is 2. The van der Waals surface area contributed by atoms with Crippen LogP contribution in [0.5, 0.6) is 17.2 Å². The Balaban J connectivity index is 2.17. The molecule has 0 radical (unpaired) electrons. The van der Waals surface area contributed by atoms with Gasteiger partial charge < -0.3 is 14.9 Å². The van der Waals surface area contributed by atoms with Crippen LogP contribution in [0, 0.1) is 0 Å². The molecule has 1 aliphatic rings. The van der Waals surface area contributed by atoms with E-state index in [2.05, 4.69) is 6.92 Å². The molecule has 19 heavy (non-hydrogen) atoms. The summed E-state index contributed by atoms with van der Waals surface area (Å²) in [6, 6.07) is 11.5. The van der Waals surface area contributed by atoms with Crippen LogP contribution in [-0.4, -0.2) is 17.3 Å². The second-order valence-corrected chi connectivity index (χ2v) is 4.95. The molecule has 0 unspecified atom stereocenters. The number of methoxy groups -OCH3 is 1. The second kappa shape index (κ2) is 4.19. The minimum Gasteiger partial charge on any atom is -0.508 e. The number of phenols is 2. The molecule has 0 amide bonds. The number of rotatable bonds is 2. The summed E-state index contributed by atoms with van der Waals surface area (Å²) in [6.07, 6.45) is 0. The molecule has 1 aliphatic carbocycles. The Morgan fingerprint density at radius 1 is 1.05 bits per heavy atom. The van der Waals surface area contributed by atoms with Crippen LogP contribution < -0.4 is 4.74 Å². The van der Waals surface area contributed by atoms with Crippen molar-refractivity contribution in [3.05, 3.63) is 53.1 Å². The highest BCUT2D eigenvalue weighted by atomic mass is 16.5. The largest absolute Gasteiger partial charge is 0.508 e. The van der Waals surface area contributed by atoms with Crippen LogP contribution in [0.4, 0.5) is 0 Å². The van der Waals surface area contributed by atoms with Gasteiger partial charge in [0.15, 0.2) is 11.5 Å². The SMILES string of the molecule is COc1cc(O)c2c(c1O)[C@H](c1ccccc1)[C@H]2C. The molecule has 2 aromatic carbocycles. The van der Waals surface area contributed by atoms with Gasteiger partial charge in [-0.1, -0.05) is 37.3 Å². The summed E-state index contributed by atoms with van der Waals surface area (Å²) in [4.78, 5) is 0. The monoisotopic (exact) mass is 256 g/mol. The molecule has 98 valence electrons. The molecule has 3 rings (SSSR count). The third kappa shape index (κ3) is 1.58. The summed E-state index contributed by atoms with van der Waals surface area (Å²) < 4.78 is 5.10. The topological polar surface area (TPSA) is 49.7 Å². The van der Waals surface area contributed by atoms with Crippen molar-refractivity contribution in [2.75, 3.05) is 7.11 Å². The number of hydrogen-bond acceptors (Lipinski definition) is 3. The van der Waals surface area contributed by atoms with E-state index in [1.165, 1.54) is 13.2 Å². The minimum atomic E-state index is 0.109. The van der Waals surface area contributed by atoms with E-state index < -0.39 is 0 Å². The van der Waals surface area contributed by atoms with Crippen molar-refractivity contribution < 1.29 is 14.9 Å². The predicted molar refractivity (Wildman–Crippen MR) is 73.0 cm³/mol. The highest BCUT2D eigenvalue weighted by Crippen LogP contribution is 2.59. The second-order valence-electron chi connectivity index (χ2n) is 4.95. The molecule has 0 aliphatic heterocycles. The van der Waals surface area contributed by atoms with Gasteiger partial charge in [0.2, 0.25) is 0 Å². The zero-order valence-electron chi connectivity index (χ0n) is 10.9. The van der Waals surface area contributed by atoms with Gasteiger partial charge in [-0.25, -0.2) is 0 Å². The first-order valence-corrected chi connectivity index (χ1v) is 6.32. The van der Waals surface area contributed by atoms with Crippen LogP contribution in [0.25, 0.3) is 0 Å². The van der Waals surface area contributed by atoms with Crippen LogP contribution in [0.15, 0.2) is 36.4 Å². The van der Waals surface area contributed by atoms with Gasteiger partial charge in [0.05, 0.1) is 7.11 Å². The molecule has 0 saturated carbocycles. The van der Waals surface area contributed by atoms with Crippen LogP contribution >= 0.6 is 0 Å². The molecular formula is C16H16O3. The normalized spacial score (nSPS) is 20.5. The number of fused-ring (bicyclic) bond motifs is 1. The highest BCUT2D eigenvalue weighted by Gasteiger charge is 2.41. The Morgan fingerprint density at radius 3 is 2.37 bits per heavy atom. The summed E-state index contributed by atoms with van der Waals surface area (Å²) >= 11 is 0. The van der Waals surface area contributed by atoms with Crippen LogP contribution in [0.1, 0.15) is 35.4 Å². The van der Waals surface area contributed by atoms with E-state index in [-0.39, 0.29) is 23.3 Å². The van der Waals surface area contributed by atoms with Gasteiger partial charge in [-0.2, -0.15) is 0 Å². The molecule has 3 nitrogen and oxygen atoms in total. The molecular weight excluding hydrogens is 240 g/mol. The Labute approximate surface area is 112 Å². The summed E-state index contributed by atoms with van der Waals surface area (Å²) in [5.74, 6) is 0.960. The van der Waals surface area contributed by atoms with E-state index in [1.807, 2.05) is 30.3 Å². The van der Waals surface area contributed by atoms with Crippen molar-refractivity contribution in [2.45, 2.75) is 18.8 Å². The fourth-order valence-electron chi connectivity index (χ4n) is 3.05. The number of phenolic OH excluding ortho intramolecular Hbond substituents is 2. The van der Waals surface area contributed by atoms with Crippen molar-refractivity contribution in [3.8, 4) is 17.2 Å². The Morgan fingerprint density at radius 2 is 1.74 bits per heavy atom. The first-order valence-electron chi connectivity index (χ1n) is 6.32. The van der Waals surface area contributed by atoms with E-state index >= 15 is 0 Å². The van der Waals surface area contributed by atoms with Gasteiger partial charge >= 0.3 is 0 Å². The summed E-state index contributed by atoms with van der Waals surface area (Å²) in [5, 5.41) is 20.3. The quantitative estimate of drug-likeness (QED) is 0.810. The van der Waals surface area contributed by atoms with E-state index in [1.54, 1.807) is 0 Å². The van der Waals surface area contributed by atoms with Crippen LogP contribution in [0.3, 0.4) is 0 Å². The fraction of sp³-hybridized carbons (Fsp3) is 0.250. The van der Waals surface area contributed by atoms with Gasteiger partial charge in [0.25, 0.3) is 0 Å². The average molecular weight is 256 g/mol. The van der Waals surface area contributed by atoms with E-state index in [0.29, 0.717) is 5.75 Å². The molecule has 0 fully saturated rings. The van der Waals surface area contributed by atoms with E-state index in [4.69, 9.17) is 4.74 Å². The average Bonchev–Trinajstić information content (AvgIpc) is 2.41. The zero-order valence-corrected chi connectivity index (χ0v) is 10.9. The third-order valence-electron chi connectivity index (χ3n) is 3.97. The van der Waals surface area contributed by atoms with Crippen molar-refractivity contribution >= 4 is 0 Å². The third-order valence-corrected chi connectivity index (χ3v) is 3.97. The van der Waals surface area contributed by atoms with Gasteiger partial charge in [-0.15, -0.1) is 0 Å². The van der Waals surface area contributed by atoms with Gasteiger partial charge in [0.1, 0.15) is 5.75 Å². The minimum absolute atomic E-state index is 0.109. The maximum absolute atomic E-state index is 10.3. The molecule has 0 heterocycles. The number of hydrogen-bond donors (Lipinski definition) is 2. The van der Waals surface area contributed by atoms with Crippen molar-refractivity contribution in [1.82, 2.24) is 0 Å². The van der Waals surface area contributed by atoms with Crippen LogP contribution in [0.2, 0.25) is 0 Å². The van der Waals surface area contributed by atoms with E-state index in [9.17, 15) is 10.2 Å². The lowest BCUT2D eigenvalue weighted by Crippen LogP contribution is -2.23. The maximum Gasteiger partial charge on any atom is 0.164 e. The summed E-state index contributed by atoms with van der Waals surface area (Å²) in [5.41, 5.74) is 2.76. The Bertz CT molecular complexity index is 620. The molecule has 0 spiro atoms. The number of ether oxygens (including phenoxy) is 1. The predicted octanol–water partition coefficient (Wildman–Crippen LogP) is 3.36. The molecule has 2 aromatic rings. The fourth-order valence-corrected chi connectivity index (χ4v) is 3.05. The summed E-state index contributed by atoms with van der Waals surface area (Å²) in [7, 11) is 1.49. The number of aromatic hydroxyl groups is 2. The standard InChI is InChI=1S/C16H16O3/c1-9-13(10-6-4-3-5-7-10)15-14(9)11(17)8-12(19-2)16(15)18/h3-9,13,17-18H,1-2H3/t9-,13+/m1/s1. The van der Waals surface area contributed by atoms with Crippen molar-refractivity contribution in [3.63, 3.8) is 0 Å². The van der Waals surface area contributed by atoms with Gasteiger partial charge in [-0.3, -0.25) is 0 Å². The first-order chi connectivity index (χ1) is 9.15. The van der Waals surface area contributed by atoms with Crippen LogP contribution in [-0.2, 0) is 0 Å². The molecule has 2 N–H and O–H groups in total. The zero-order chi connectivity index (χ0) is 13.6. The van der Waals surface area contributed by atoms with Crippen molar-refractivity contribution in [1.29, 1.82) is 0 Å².